The number of nitrogens with two attached hydrogens (primary N) is 1. The van der Waals surface area contributed by atoms with Crippen molar-refractivity contribution in [1.82, 2.24) is 35.5 Å². The van der Waals surface area contributed by atoms with E-state index in [9.17, 15) is 47.3 Å². The van der Waals surface area contributed by atoms with E-state index < -0.39 is 108 Å². The highest BCUT2D eigenvalue weighted by Gasteiger charge is 2.41. The van der Waals surface area contributed by atoms with E-state index in [0.717, 1.165) is 43.5 Å². The summed E-state index contributed by atoms with van der Waals surface area (Å²) < 4.78 is 35.3. The number of Topliss-reactive ketones (excluding diaryl/α,β-unsaturated/α-hetero) is 1. The molecular formula is C45H57Cl2N9O12S. The number of amides is 6. The summed E-state index contributed by atoms with van der Waals surface area (Å²) in [5.41, 5.74) is 5.41. The Hall–Kier alpha value is -6.10. The van der Waals surface area contributed by atoms with Crippen LogP contribution in [0.4, 0.5) is 5.69 Å². The molecule has 0 saturated heterocycles. The fraction of sp³-hybridized carbons (Fsp3) is 0.489. The molecule has 2 aromatic carbocycles. The van der Waals surface area contributed by atoms with Crippen LogP contribution in [-0.4, -0.2) is 99.6 Å². The average molecular weight is 1020 g/mol. The van der Waals surface area contributed by atoms with Gasteiger partial charge in [0.15, 0.2) is 5.75 Å². The lowest BCUT2D eigenvalue weighted by atomic mass is 9.84. The summed E-state index contributed by atoms with van der Waals surface area (Å²) >= 11 is 13.0. The van der Waals surface area contributed by atoms with Gasteiger partial charge >= 0.3 is 0 Å². The van der Waals surface area contributed by atoms with E-state index in [1.165, 1.54) is 37.6 Å². The Morgan fingerprint density at radius 3 is 2.09 bits per heavy atom. The van der Waals surface area contributed by atoms with Crippen molar-refractivity contribution in [3.8, 4) is 11.5 Å². The molecule has 0 spiro atoms. The molecule has 0 bridgehead atoms. The summed E-state index contributed by atoms with van der Waals surface area (Å²) in [4.78, 5) is 113. The number of halogens is 2. The maximum atomic E-state index is 15.0. The highest BCUT2D eigenvalue weighted by molar-refractivity contribution is 7.89. The molecule has 6 amide bonds. The van der Waals surface area contributed by atoms with E-state index in [2.05, 4.69) is 25.9 Å². The number of aromatic nitrogens is 2. The fourth-order valence-corrected chi connectivity index (χ4v) is 9.51. The molecule has 374 valence electrons. The maximum Gasteiger partial charge on any atom is 0.295 e. The molecule has 1 aliphatic carbocycles. The summed E-state index contributed by atoms with van der Waals surface area (Å²) in [6.45, 7) is 7.22. The summed E-state index contributed by atoms with van der Waals surface area (Å²) in [5.74, 6) is -8.83. The number of ketones is 1. The smallest absolute Gasteiger partial charge is 0.295 e. The lowest BCUT2D eigenvalue weighted by Crippen LogP contribution is -2.60. The first-order valence-corrected chi connectivity index (χ1v) is 24.6. The van der Waals surface area contributed by atoms with E-state index >= 15 is 4.79 Å². The molecule has 21 nitrogen and oxygen atoms in total. The van der Waals surface area contributed by atoms with Crippen LogP contribution in [0.1, 0.15) is 103 Å². The van der Waals surface area contributed by atoms with Crippen LogP contribution in [0.2, 0.25) is 10.0 Å². The molecule has 24 heteroatoms. The third kappa shape index (κ3) is 15.4. The highest BCUT2D eigenvalue weighted by Crippen LogP contribution is 2.40. The number of rotatable bonds is 23. The molecule has 69 heavy (non-hydrogen) atoms. The van der Waals surface area contributed by atoms with Gasteiger partial charge < -0.3 is 26.4 Å². The Labute approximate surface area is 409 Å². The van der Waals surface area contributed by atoms with Crippen molar-refractivity contribution in [3.05, 3.63) is 80.8 Å². The zero-order chi connectivity index (χ0) is 51.2. The van der Waals surface area contributed by atoms with E-state index in [4.69, 9.17) is 33.7 Å². The average Bonchev–Trinajstić information content (AvgIpc) is 3.32. The zero-order valence-electron chi connectivity index (χ0n) is 38.7. The second-order valence-corrected chi connectivity index (χ2v) is 19.8. The number of non-ortho nitro benzene ring substituents is 1. The van der Waals surface area contributed by atoms with Gasteiger partial charge in [-0.25, -0.2) is 17.7 Å². The van der Waals surface area contributed by atoms with Crippen molar-refractivity contribution in [1.29, 1.82) is 0 Å². The Bertz CT molecular complexity index is 2450. The molecule has 0 aliphatic heterocycles. The van der Waals surface area contributed by atoms with Crippen molar-refractivity contribution < 1.29 is 51.6 Å². The number of imide groups is 1. The molecule has 1 aromatic heterocycles. The molecule has 1 aliphatic rings. The number of benzene rings is 2. The molecule has 4 rings (SSSR count). The molecular weight excluding hydrogens is 962 g/mol. The Balaban J connectivity index is 1.75. The standard InChI is InChI=1S/C45H57Cl2N9O12S/c1-6-26(5)38(54-41(59)34(19-25(3)4)51-42(60)36-23-49-17-18-50-36)43(61)52-35(20-27-11-9-8-10-12-27)45(63)55(24-37(57)53-44(62)39(58)33(48)7-2)69(66,67)30-21-31(46)40(32(47)22-30)68-29-15-13-28(14-16-29)56(64)65/h13-18,21-23,25-27,33-35,38H,6-12,19-20,24,48H2,1-5H3,(H,51,60)(H,52,61)(H,54,59)(H,53,57,62)/t26-,33-,34-,35-,38-/m0/s1. The number of hydrogen-bond acceptors (Lipinski definition) is 15. The van der Waals surface area contributed by atoms with Gasteiger partial charge in [-0.3, -0.25) is 54.0 Å². The van der Waals surface area contributed by atoms with Gasteiger partial charge in [0.2, 0.25) is 23.5 Å². The third-order valence-corrected chi connectivity index (χ3v) is 13.7. The molecule has 1 heterocycles. The van der Waals surface area contributed by atoms with Crippen molar-refractivity contribution in [2.75, 3.05) is 6.54 Å². The number of hydrogen-bond donors (Lipinski definition) is 5. The maximum absolute atomic E-state index is 15.0. The number of nitrogens with zero attached hydrogens (tertiary/aromatic N) is 4. The summed E-state index contributed by atoms with van der Waals surface area (Å²) in [6.07, 6.45) is 7.97. The van der Waals surface area contributed by atoms with Gasteiger partial charge in [0, 0.05) is 24.5 Å². The van der Waals surface area contributed by atoms with Crippen LogP contribution in [0.3, 0.4) is 0 Å². The van der Waals surface area contributed by atoms with Gasteiger partial charge in [0.1, 0.15) is 36.1 Å². The van der Waals surface area contributed by atoms with Gasteiger partial charge in [-0.2, -0.15) is 0 Å². The van der Waals surface area contributed by atoms with Crippen molar-refractivity contribution in [3.63, 3.8) is 0 Å². The Morgan fingerprint density at radius 2 is 1.54 bits per heavy atom. The number of carbonyl (C=O) groups excluding carboxylic acids is 7. The first kappa shape index (κ1) is 55.5. The number of carbonyl (C=O) groups is 7. The minimum absolute atomic E-state index is 0.0292. The van der Waals surface area contributed by atoms with E-state index in [1.807, 2.05) is 13.8 Å². The van der Waals surface area contributed by atoms with Gasteiger partial charge in [0.05, 0.1) is 32.1 Å². The van der Waals surface area contributed by atoms with Crippen molar-refractivity contribution >= 4 is 80.1 Å². The molecule has 3 aromatic rings. The van der Waals surface area contributed by atoms with E-state index in [-0.39, 0.29) is 58.3 Å². The van der Waals surface area contributed by atoms with Crippen LogP contribution in [0.25, 0.3) is 0 Å². The van der Waals surface area contributed by atoms with Crippen LogP contribution in [0.5, 0.6) is 11.5 Å². The molecule has 1 saturated carbocycles. The van der Waals surface area contributed by atoms with Crippen molar-refractivity contribution in [2.45, 2.75) is 121 Å². The number of nitrogens with one attached hydrogen (secondary N) is 4. The van der Waals surface area contributed by atoms with E-state index in [0.29, 0.717) is 19.3 Å². The predicted octanol–water partition coefficient (Wildman–Crippen LogP) is 4.78. The third-order valence-electron chi connectivity index (χ3n) is 11.4. The van der Waals surface area contributed by atoms with Crippen molar-refractivity contribution in [2.24, 2.45) is 23.5 Å². The molecule has 5 atom stereocenters. The summed E-state index contributed by atoms with van der Waals surface area (Å²) in [7, 11) is -5.23. The topological polar surface area (TPSA) is 309 Å². The zero-order valence-corrected chi connectivity index (χ0v) is 41.1. The fourth-order valence-electron chi connectivity index (χ4n) is 7.38. The predicted molar refractivity (Wildman–Crippen MR) is 252 cm³/mol. The van der Waals surface area contributed by atoms with Crippen LogP contribution in [0, 0.1) is 27.9 Å². The summed E-state index contributed by atoms with van der Waals surface area (Å²) in [6, 6.07) is 1.07. The molecule has 0 radical (unpaired) electrons. The highest BCUT2D eigenvalue weighted by atomic mass is 35.5. The molecule has 6 N–H and O–H groups in total. The largest absolute Gasteiger partial charge is 0.454 e. The monoisotopic (exact) mass is 1020 g/mol. The molecule has 1 fully saturated rings. The van der Waals surface area contributed by atoms with Crippen LogP contribution < -0.4 is 31.7 Å². The second-order valence-electron chi connectivity index (χ2n) is 17.1. The first-order valence-electron chi connectivity index (χ1n) is 22.4. The number of sulfonamides is 1. The van der Waals surface area contributed by atoms with Gasteiger partial charge in [-0.05, 0) is 61.3 Å². The second kappa shape index (κ2) is 25.5. The minimum Gasteiger partial charge on any atom is -0.454 e. The number of ether oxygens (including phenoxy) is 1. The normalized spacial score (nSPS) is 15.1. The van der Waals surface area contributed by atoms with Gasteiger partial charge in [-0.1, -0.05) is 96.3 Å². The Morgan fingerprint density at radius 1 is 0.899 bits per heavy atom. The SMILES string of the molecule is CC[C@H](N)C(=O)C(=O)NC(=O)CN(C(=O)[C@H](CC1CCCCC1)NC(=O)[C@@H](NC(=O)[C@H](CC(C)C)NC(=O)c1cnccn1)[C@@H](C)CC)S(=O)(=O)c1cc(Cl)c(Oc2ccc([N+](=O)[O-])cc2)c(Cl)c1. The van der Waals surface area contributed by atoms with Gasteiger partial charge in [0.25, 0.3) is 33.4 Å². The lowest BCUT2D eigenvalue weighted by molar-refractivity contribution is -0.384. The van der Waals surface area contributed by atoms with Crippen LogP contribution in [0.15, 0.2) is 59.9 Å². The quantitative estimate of drug-likeness (QED) is 0.0485. The Kier molecular flexibility index (Phi) is 20.5. The number of nitro groups is 1. The molecule has 0 unspecified atom stereocenters. The van der Waals surface area contributed by atoms with Crippen LogP contribution >= 0.6 is 23.2 Å². The number of nitro benzene ring substituents is 1. The van der Waals surface area contributed by atoms with E-state index in [1.54, 1.807) is 19.2 Å². The van der Waals surface area contributed by atoms with Gasteiger partial charge in [-0.15, -0.1) is 0 Å². The van der Waals surface area contributed by atoms with Crippen LogP contribution in [-0.2, 0) is 38.8 Å². The lowest BCUT2D eigenvalue weighted by Gasteiger charge is -2.33. The minimum atomic E-state index is -5.23. The summed E-state index contributed by atoms with van der Waals surface area (Å²) in [5, 5.41) is 20.2. The first-order chi connectivity index (χ1) is 32.6.